The van der Waals surface area contributed by atoms with Crippen molar-refractivity contribution in [3.63, 3.8) is 0 Å². The van der Waals surface area contributed by atoms with Gasteiger partial charge in [0.05, 0.1) is 5.60 Å². The second-order valence-corrected chi connectivity index (χ2v) is 5.49. The molecule has 1 aromatic rings. The number of benzene rings is 1. The van der Waals surface area contributed by atoms with Crippen molar-refractivity contribution in [1.82, 2.24) is 0 Å². The van der Waals surface area contributed by atoms with Crippen molar-refractivity contribution in [3.05, 3.63) is 34.9 Å². The molecular formula is C14H19ClO. The van der Waals surface area contributed by atoms with Crippen molar-refractivity contribution in [2.24, 2.45) is 5.92 Å². The summed E-state index contributed by atoms with van der Waals surface area (Å²) >= 11 is 5.96. The summed E-state index contributed by atoms with van der Waals surface area (Å²) in [5.74, 6) is 0.389. The Labute approximate surface area is 102 Å². The third-order valence-electron chi connectivity index (χ3n) is 3.81. The maximum Gasteiger partial charge on any atom is 0.0713 e. The van der Waals surface area contributed by atoms with Crippen molar-refractivity contribution in [1.29, 1.82) is 0 Å². The zero-order valence-electron chi connectivity index (χ0n) is 9.75. The van der Waals surface area contributed by atoms with Gasteiger partial charge in [0.25, 0.3) is 0 Å². The van der Waals surface area contributed by atoms with Gasteiger partial charge in [-0.3, -0.25) is 0 Å². The molecule has 2 heteroatoms. The van der Waals surface area contributed by atoms with E-state index in [1.807, 2.05) is 24.3 Å². The average Bonchev–Trinajstić information content (AvgIpc) is 2.23. The molecule has 1 aliphatic carbocycles. The van der Waals surface area contributed by atoms with E-state index < -0.39 is 5.60 Å². The predicted octanol–water partition coefficient (Wildman–Crippen LogP) is 3.82. The SMILES string of the molecule is CC1CCCCC1(O)Cc1cccc(Cl)c1. The van der Waals surface area contributed by atoms with E-state index in [-0.39, 0.29) is 0 Å². The molecule has 0 bridgehead atoms. The fraction of sp³-hybridized carbons (Fsp3) is 0.571. The lowest BCUT2D eigenvalue weighted by Gasteiger charge is -2.38. The van der Waals surface area contributed by atoms with Gasteiger partial charge >= 0.3 is 0 Å². The van der Waals surface area contributed by atoms with Crippen LogP contribution in [0.2, 0.25) is 5.02 Å². The number of aliphatic hydroxyl groups is 1. The maximum atomic E-state index is 10.6. The van der Waals surface area contributed by atoms with Crippen molar-refractivity contribution < 1.29 is 5.11 Å². The quantitative estimate of drug-likeness (QED) is 0.831. The van der Waals surface area contributed by atoms with Crippen molar-refractivity contribution in [2.45, 2.75) is 44.6 Å². The lowest BCUT2D eigenvalue weighted by Crippen LogP contribution is -2.41. The zero-order chi connectivity index (χ0) is 11.6. The van der Waals surface area contributed by atoms with Crippen LogP contribution in [0.4, 0.5) is 0 Å². The summed E-state index contributed by atoms with van der Waals surface area (Å²) in [6, 6.07) is 7.83. The van der Waals surface area contributed by atoms with Crippen molar-refractivity contribution in [2.75, 3.05) is 0 Å². The fourth-order valence-electron chi connectivity index (χ4n) is 2.66. The molecule has 1 N–H and O–H groups in total. The average molecular weight is 239 g/mol. The van der Waals surface area contributed by atoms with Gasteiger partial charge in [-0.25, -0.2) is 0 Å². The van der Waals surface area contributed by atoms with E-state index in [1.165, 1.54) is 6.42 Å². The minimum atomic E-state index is -0.525. The molecule has 2 unspecified atom stereocenters. The molecule has 1 aliphatic rings. The first-order chi connectivity index (χ1) is 7.60. The first kappa shape index (κ1) is 11.9. The van der Waals surface area contributed by atoms with Crippen LogP contribution in [0, 0.1) is 5.92 Å². The van der Waals surface area contributed by atoms with E-state index >= 15 is 0 Å². The summed E-state index contributed by atoms with van der Waals surface area (Å²) in [6.07, 6.45) is 5.17. The summed E-state index contributed by atoms with van der Waals surface area (Å²) in [5.41, 5.74) is 0.617. The van der Waals surface area contributed by atoms with Crippen LogP contribution in [0.1, 0.15) is 38.2 Å². The molecule has 2 atom stereocenters. The highest BCUT2D eigenvalue weighted by atomic mass is 35.5. The fourth-order valence-corrected chi connectivity index (χ4v) is 2.87. The van der Waals surface area contributed by atoms with Gasteiger partial charge in [-0.1, -0.05) is 43.5 Å². The molecule has 1 fully saturated rings. The Morgan fingerprint density at radius 3 is 2.94 bits per heavy atom. The molecule has 0 radical (unpaired) electrons. The predicted molar refractivity (Wildman–Crippen MR) is 67.7 cm³/mol. The molecule has 1 nitrogen and oxygen atoms in total. The van der Waals surface area contributed by atoms with Gasteiger partial charge < -0.3 is 5.11 Å². The first-order valence-corrected chi connectivity index (χ1v) is 6.45. The number of rotatable bonds is 2. The topological polar surface area (TPSA) is 20.2 Å². The lowest BCUT2D eigenvalue weighted by molar-refractivity contribution is -0.0405. The van der Waals surface area contributed by atoms with Crippen LogP contribution in [0.3, 0.4) is 0 Å². The summed E-state index contributed by atoms with van der Waals surface area (Å²) in [4.78, 5) is 0. The van der Waals surface area contributed by atoms with Crippen LogP contribution < -0.4 is 0 Å². The Kier molecular flexibility index (Phi) is 3.56. The third-order valence-corrected chi connectivity index (χ3v) is 4.05. The molecular weight excluding hydrogens is 220 g/mol. The number of halogens is 1. The van der Waals surface area contributed by atoms with Gasteiger partial charge in [-0.05, 0) is 36.5 Å². The monoisotopic (exact) mass is 238 g/mol. The normalized spacial score (nSPS) is 30.3. The van der Waals surface area contributed by atoms with Crippen LogP contribution >= 0.6 is 11.6 Å². The van der Waals surface area contributed by atoms with E-state index in [0.717, 1.165) is 36.3 Å². The van der Waals surface area contributed by atoms with Crippen LogP contribution in [-0.2, 0) is 6.42 Å². The Morgan fingerprint density at radius 1 is 1.44 bits per heavy atom. The number of hydrogen-bond donors (Lipinski definition) is 1. The minimum Gasteiger partial charge on any atom is -0.389 e. The Bertz CT molecular complexity index is 364. The molecule has 88 valence electrons. The van der Waals surface area contributed by atoms with Crippen molar-refractivity contribution in [3.8, 4) is 0 Å². The maximum absolute atomic E-state index is 10.6. The molecule has 1 saturated carbocycles. The Hall–Kier alpha value is -0.530. The van der Waals surface area contributed by atoms with Gasteiger partial charge in [0.15, 0.2) is 0 Å². The molecule has 0 heterocycles. The summed E-state index contributed by atoms with van der Waals surface area (Å²) in [6.45, 7) is 2.16. The summed E-state index contributed by atoms with van der Waals surface area (Å²) in [7, 11) is 0. The van der Waals surface area contributed by atoms with E-state index in [0.29, 0.717) is 5.92 Å². The molecule has 1 aromatic carbocycles. The van der Waals surface area contributed by atoms with Crippen LogP contribution in [0.15, 0.2) is 24.3 Å². The second kappa shape index (κ2) is 4.77. The van der Waals surface area contributed by atoms with E-state index in [2.05, 4.69) is 6.92 Å². The highest BCUT2D eigenvalue weighted by molar-refractivity contribution is 6.30. The molecule has 0 amide bonds. The number of hydrogen-bond acceptors (Lipinski definition) is 1. The van der Waals surface area contributed by atoms with Gasteiger partial charge in [-0.15, -0.1) is 0 Å². The standard InChI is InChI=1S/C14H19ClO/c1-11-5-2-3-8-14(11,16)10-12-6-4-7-13(15)9-12/h4,6-7,9,11,16H,2-3,5,8,10H2,1H3. The Morgan fingerprint density at radius 2 is 2.25 bits per heavy atom. The van der Waals surface area contributed by atoms with E-state index in [9.17, 15) is 5.11 Å². The van der Waals surface area contributed by atoms with Crippen LogP contribution in [-0.4, -0.2) is 10.7 Å². The minimum absolute atomic E-state index is 0.389. The smallest absolute Gasteiger partial charge is 0.0713 e. The summed E-state index contributed by atoms with van der Waals surface area (Å²) < 4.78 is 0. The highest BCUT2D eigenvalue weighted by Crippen LogP contribution is 2.36. The molecule has 0 aromatic heterocycles. The van der Waals surface area contributed by atoms with Gasteiger partial charge in [0.2, 0.25) is 0 Å². The zero-order valence-corrected chi connectivity index (χ0v) is 10.5. The van der Waals surface area contributed by atoms with Crippen molar-refractivity contribution >= 4 is 11.6 Å². The summed E-state index contributed by atoms with van der Waals surface area (Å²) in [5, 5.41) is 11.4. The third kappa shape index (κ3) is 2.58. The molecule has 2 rings (SSSR count). The first-order valence-electron chi connectivity index (χ1n) is 6.07. The molecule has 0 saturated heterocycles. The molecule has 0 aliphatic heterocycles. The van der Waals surface area contributed by atoms with E-state index in [1.54, 1.807) is 0 Å². The molecule has 0 spiro atoms. The lowest BCUT2D eigenvalue weighted by atomic mass is 9.73. The molecule has 16 heavy (non-hydrogen) atoms. The largest absolute Gasteiger partial charge is 0.389 e. The van der Waals surface area contributed by atoms with Crippen LogP contribution in [0.5, 0.6) is 0 Å². The van der Waals surface area contributed by atoms with Gasteiger partial charge in [0.1, 0.15) is 0 Å². The second-order valence-electron chi connectivity index (χ2n) is 5.06. The highest BCUT2D eigenvalue weighted by Gasteiger charge is 2.35. The van der Waals surface area contributed by atoms with Gasteiger partial charge in [0, 0.05) is 11.4 Å². The van der Waals surface area contributed by atoms with Crippen LogP contribution in [0.25, 0.3) is 0 Å². The Balaban J connectivity index is 2.13. The van der Waals surface area contributed by atoms with Gasteiger partial charge in [-0.2, -0.15) is 0 Å². The van der Waals surface area contributed by atoms with E-state index in [4.69, 9.17) is 11.6 Å².